The number of carbonyl (C=O) groups is 2. The van der Waals surface area contributed by atoms with Gasteiger partial charge in [0.15, 0.2) is 5.72 Å². The Bertz CT molecular complexity index is 927. The molecule has 0 unspecified atom stereocenters. The van der Waals surface area contributed by atoms with E-state index in [0.29, 0.717) is 43.3 Å². The Balaban J connectivity index is 1.41. The number of ether oxygens (including phenoxy) is 1. The molecule has 8 heteroatoms. The summed E-state index contributed by atoms with van der Waals surface area (Å²) >= 11 is 0. The summed E-state index contributed by atoms with van der Waals surface area (Å²) < 4.78 is 6.20. The minimum absolute atomic E-state index is 0.0815. The molecular weight excluding hydrogens is 358 g/mol. The van der Waals surface area contributed by atoms with E-state index in [4.69, 9.17) is 4.74 Å². The normalized spacial score (nSPS) is 28.9. The molecule has 3 aliphatic heterocycles. The highest BCUT2D eigenvalue weighted by Crippen LogP contribution is 2.49. The highest BCUT2D eigenvalue weighted by Gasteiger charge is 2.65. The largest absolute Gasteiger partial charge is 0.351 e. The number of likely N-dealkylation sites (tertiary alicyclic amines) is 1. The summed E-state index contributed by atoms with van der Waals surface area (Å²) in [6, 6.07) is 5.29. The summed E-state index contributed by atoms with van der Waals surface area (Å²) in [5.74, 6) is 0.268. The fourth-order valence-electron chi connectivity index (χ4n) is 4.87. The minimum atomic E-state index is -0.657. The molecule has 2 aromatic rings. The second-order valence-corrected chi connectivity index (χ2v) is 8.10. The Morgan fingerprint density at radius 3 is 2.89 bits per heavy atom. The van der Waals surface area contributed by atoms with E-state index in [1.54, 1.807) is 23.4 Å². The summed E-state index contributed by atoms with van der Waals surface area (Å²) in [6.45, 7) is 5.33. The first kappa shape index (κ1) is 17.4. The number of aromatic amines is 1. The standard InChI is InChI=1S/C20H23N5O3/c1-12(2)16-11-28-20-5-8-24(17(20)10-18(26)25(16)20)19(27)15-9-14(22-23-15)13-3-6-21-7-4-13/h3-4,6-7,9,12,16-17H,5,8,10-11H2,1-2H3,(H,22,23)/t16-,17+,20-/m0/s1. The predicted octanol–water partition coefficient (Wildman–Crippen LogP) is 1.67. The van der Waals surface area contributed by atoms with E-state index in [1.807, 2.05) is 17.0 Å². The van der Waals surface area contributed by atoms with Gasteiger partial charge < -0.3 is 14.5 Å². The maximum Gasteiger partial charge on any atom is 0.272 e. The van der Waals surface area contributed by atoms with Gasteiger partial charge in [0.05, 0.1) is 30.8 Å². The molecule has 5 heterocycles. The van der Waals surface area contributed by atoms with Crippen molar-refractivity contribution in [2.45, 2.75) is 44.5 Å². The molecule has 1 N–H and O–H groups in total. The second-order valence-electron chi connectivity index (χ2n) is 8.10. The van der Waals surface area contributed by atoms with E-state index >= 15 is 0 Å². The maximum atomic E-state index is 13.2. The summed E-state index contributed by atoms with van der Waals surface area (Å²) in [5.41, 5.74) is 1.36. The smallest absolute Gasteiger partial charge is 0.272 e. The Hall–Kier alpha value is -2.74. The fraction of sp³-hybridized carbons (Fsp3) is 0.500. The van der Waals surface area contributed by atoms with Crippen LogP contribution in [0.25, 0.3) is 11.3 Å². The van der Waals surface area contributed by atoms with Gasteiger partial charge in [-0.2, -0.15) is 5.10 Å². The molecule has 1 spiro atoms. The topological polar surface area (TPSA) is 91.4 Å². The zero-order valence-electron chi connectivity index (χ0n) is 16.0. The number of H-pyrrole nitrogens is 1. The van der Waals surface area contributed by atoms with E-state index in [9.17, 15) is 9.59 Å². The van der Waals surface area contributed by atoms with Crippen molar-refractivity contribution in [3.8, 4) is 11.3 Å². The van der Waals surface area contributed by atoms with Gasteiger partial charge in [-0.05, 0) is 24.1 Å². The predicted molar refractivity (Wildman–Crippen MR) is 100 cm³/mol. The molecule has 2 aromatic heterocycles. The number of amides is 2. The van der Waals surface area contributed by atoms with Gasteiger partial charge in [0.25, 0.3) is 5.91 Å². The van der Waals surface area contributed by atoms with Crippen molar-refractivity contribution in [1.82, 2.24) is 25.0 Å². The van der Waals surface area contributed by atoms with Crippen molar-refractivity contribution < 1.29 is 14.3 Å². The summed E-state index contributed by atoms with van der Waals surface area (Å²) in [4.78, 5) is 33.7. The zero-order chi connectivity index (χ0) is 19.5. The third-order valence-corrected chi connectivity index (χ3v) is 6.30. The Morgan fingerprint density at radius 2 is 2.14 bits per heavy atom. The number of hydrogen-bond donors (Lipinski definition) is 1. The molecule has 3 aliphatic rings. The molecule has 3 fully saturated rings. The summed E-state index contributed by atoms with van der Waals surface area (Å²) in [5, 5.41) is 7.13. The highest BCUT2D eigenvalue weighted by molar-refractivity contribution is 5.95. The summed E-state index contributed by atoms with van der Waals surface area (Å²) in [7, 11) is 0. The van der Waals surface area contributed by atoms with Crippen LogP contribution < -0.4 is 0 Å². The molecule has 0 aliphatic carbocycles. The van der Waals surface area contributed by atoms with Crippen LogP contribution in [-0.2, 0) is 9.53 Å². The number of nitrogens with zero attached hydrogens (tertiary/aromatic N) is 4. The maximum absolute atomic E-state index is 13.2. The van der Waals surface area contributed by atoms with Crippen LogP contribution in [0.4, 0.5) is 0 Å². The number of aromatic nitrogens is 3. The molecule has 5 rings (SSSR count). The number of hydrogen-bond acceptors (Lipinski definition) is 5. The minimum Gasteiger partial charge on any atom is -0.351 e. The Labute approximate surface area is 162 Å². The lowest BCUT2D eigenvalue weighted by molar-refractivity contribution is -0.139. The van der Waals surface area contributed by atoms with Crippen LogP contribution in [0.3, 0.4) is 0 Å². The van der Waals surface area contributed by atoms with Gasteiger partial charge in [0.1, 0.15) is 5.69 Å². The number of rotatable bonds is 3. The van der Waals surface area contributed by atoms with Crippen LogP contribution in [0.5, 0.6) is 0 Å². The number of carbonyl (C=O) groups excluding carboxylic acids is 2. The van der Waals surface area contributed by atoms with Gasteiger partial charge in [0.2, 0.25) is 5.91 Å². The van der Waals surface area contributed by atoms with E-state index in [2.05, 4.69) is 29.0 Å². The lowest BCUT2D eigenvalue weighted by Crippen LogP contribution is -2.51. The van der Waals surface area contributed by atoms with Crippen LogP contribution in [0.2, 0.25) is 0 Å². The van der Waals surface area contributed by atoms with Gasteiger partial charge in [-0.1, -0.05) is 13.8 Å². The van der Waals surface area contributed by atoms with Crippen molar-refractivity contribution in [2.24, 2.45) is 5.92 Å². The van der Waals surface area contributed by atoms with Crippen molar-refractivity contribution in [2.75, 3.05) is 13.2 Å². The summed E-state index contributed by atoms with van der Waals surface area (Å²) in [6.07, 6.45) is 4.36. The van der Waals surface area contributed by atoms with Gasteiger partial charge in [-0.25, -0.2) is 0 Å². The zero-order valence-corrected chi connectivity index (χ0v) is 16.0. The number of pyridine rings is 1. The van der Waals surface area contributed by atoms with Crippen molar-refractivity contribution in [1.29, 1.82) is 0 Å². The lowest BCUT2D eigenvalue weighted by Gasteiger charge is -2.34. The quantitative estimate of drug-likeness (QED) is 0.873. The van der Waals surface area contributed by atoms with E-state index in [-0.39, 0.29) is 23.9 Å². The highest BCUT2D eigenvalue weighted by atomic mass is 16.5. The van der Waals surface area contributed by atoms with Crippen LogP contribution in [0, 0.1) is 5.92 Å². The first-order valence-electron chi connectivity index (χ1n) is 9.74. The SMILES string of the molecule is CC(C)[C@@H]1CO[C@@]23CCN(C(=O)c4cc(-c5ccncc5)n[nH]4)[C@@H]2CC(=O)N13. The molecule has 0 saturated carbocycles. The van der Waals surface area contributed by atoms with E-state index in [1.165, 1.54) is 0 Å². The average molecular weight is 381 g/mol. The molecule has 146 valence electrons. The van der Waals surface area contributed by atoms with E-state index in [0.717, 1.165) is 5.56 Å². The first-order chi connectivity index (χ1) is 13.5. The third-order valence-electron chi connectivity index (χ3n) is 6.30. The molecule has 0 radical (unpaired) electrons. The molecule has 8 nitrogen and oxygen atoms in total. The second kappa shape index (κ2) is 6.13. The van der Waals surface area contributed by atoms with E-state index < -0.39 is 5.72 Å². The Morgan fingerprint density at radius 1 is 1.36 bits per heavy atom. The molecule has 3 atom stereocenters. The average Bonchev–Trinajstić information content (AvgIpc) is 3.43. The van der Waals surface area contributed by atoms with Crippen LogP contribution in [0.15, 0.2) is 30.6 Å². The van der Waals surface area contributed by atoms with Crippen LogP contribution in [-0.4, -0.2) is 67.8 Å². The molecule has 0 aromatic carbocycles. The van der Waals surface area contributed by atoms with Gasteiger partial charge >= 0.3 is 0 Å². The third kappa shape index (κ3) is 2.33. The van der Waals surface area contributed by atoms with Crippen molar-refractivity contribution in [3.63, 3.8) is 0 Å². The molecular formula is C20H23N5O3. The van der Waals surface area contributed by atoms with Gasteiger partial charge in [0, 0.05) is 30.9 Å². The van der Waals surface area contributed by atoms with Crippen LogP contribution >= 0.6 is 0 Å². The molecule has 2 amide bonds. The lowest BCUT2D eigenvalue weighted by atomic mass is 10.0. The number of nitrogens with one attached hydrogen (secondary N) is 1. The van der Waals surface area contributed by atoms with Crippen molar-refractivity contribution >= 4 is 11.8 Å². The first-order valence-corrected chi connectivity index (χ1v) is 9.74. The molecule has 0 bridgehead atoms. The fourth-order valence-corrected chi connectivity index (χ4v) is 4.87. The molecule has 3 saturated heterocycles. The van der Waals surface area contributed by atoms with Crippen molar-refractivity contribution in [3.05, 3.63) is 36.3 Å². The van der Waals surface area contributed by atoms with Gasteiger partial charge in [-0.3, -0.25) is 19.7 Å². The van der Waals surface area contributed by atoms with Gasteiger partial charge in [-0.15, -0.1) is 0 Å². The van der Waals surface area contributed by atoms with Crippen LogP contribution in [0.1, 0.15) is 37.2 Å². The monoisotopic (exact) mass is 381 g/mol. The molecule has 28 heavy (non-hydrogen) atoms. The Kier molecular flexibility index (Phi) is 3.80.